The second-order valence-corrected chi connectivity index (χ2v) is 19.0. The maximum absolute atomic E-state index is 13.6. The molecule has 1 N–H and O–H groups in total. The number of carbonyl (C=O) groups is 1. The molecule has 11 heteroatoms. The topological polar surface area (TPSA) is 97.4 Å². The number of rotatable bonds is 2. The number of amides is 1. The highest BCUT2D eigenvalue weighted by molar-refractivity contribution is 7.90. The van der Waals surface area contributed by atoms with Crippen molar-refractivity contribution >= 4 is 33.2 Å². The normalized spacial score (nSPS) is 33.2. The summed E-state index contributed by atoms with van der Waals surface area (Å²) in [5.74, 6) is 1.05. The third kappa shape index (κ3) is 7.96. The number of nitrogens with zero attached hydrogens (tertiary/aromatic N) is 2. The van der Waals surface area contributed by atoms with Gasteiger partial charge < -0.3 is 19.1 Å². The standard InChI is InChI=1S/C40H56ClN3O6S/c1-26-8-7-10-35(39-49-24-33(25-50-39)44-19-17-40(44,3)4)34-15-12-30(34)22-43-18-6-5-9-28-20-32(41)14-11-31(28)23-48-37-16-13-29(21-36(37)43)38(45)42-51(46,47)27(26)2/h11,13-14,16,20-21,26-27,30,33-35,39H,5-10,12,15,17-19,22-25H2,1-4H3,(H,42,45)/t26-,27+,30-,33-,34+,35-,39+/m0/s1. The largest absolute Gasteiger partial charge is 0.487 e. The van der Waals surface area contributed by atoms with Crippen molar-refractivity contribution in [3.8, 4) is 5.75 Å². The molecule has 0 aromatic heterocycles. The van der Waals surface area contributed by atoms with Gasteiger partial charge in [0.2, 0.25) is 10.0 Å². The van der Waals surface area contributed by atoms with Crippen LogP contribution in [0.15, 0.2) is 36.4 Å². The Hall–Kier alpha value is -2.37. The van der Waals surface area contributed by atoms with E-state index in [2.05, 4.69) is 28.4 Å². The molecule has 3 fully saturated rings. The van der Waals surface area contributed by atoms with Crippen molar-refractivity contribution in [1.29, 1.82) is 0 Å². The molecule has 280 valence electrons. The number of aryl methyl sites for hydroxylation is 1. The Morgan fingerprint density at radius 1 is 0.902 bits per heavy atom. The van der Waals surface area contributed by atoms with Crippen LogP contribution in [0.1, 0.15) is 101 Å². The smallest absolute Gasteiger partial charge is 0.264 e. The van der Waals surface area contributed by atoms with Crippen LogP contribution in [0.5, 0.6) is 5.75 Å². The highest BCUT2D eigenvalue weighted by Crippen LogP contribution is 2.47. The van der Waals surface area contributed by atoms with Gasteiger partial charge in [0.25, 0.3) is 5.91 Å². The first-order chi connectivity index (χ1) is 24.4. The summed E-state index contributed by atoms with van der Waals surface area (Å²) in [5, 5.41) is 0.00108. The predicted octanol–water partition coefficient (Wildman–Crippen LogP) is 7.20. The van der Waals surface area contributed by atoms with Crippen molar-refractivity contribution in [3.05, 3.63) is 58.1 Å². The summed E-state index contributed by atoms with van der Waals surface area (Å²) in [6.45, 7) is 12.7. The van der Waals surface area contributed by atoms with Gasteiger partial charge in [-0.2, -0.15) is 0 Å². The second-order valence-electron chi connectivity index (χ2n) is 16.5. The number of hydrogen-bond acceptors (Lipinski definition) is 8. The Balaban J connectivity index is 1.19. The summed E-state index contributed by atoms with van der Waals surface area (Å²) in [4.78, 5) is 18.5. The number of fused-ring (bicyclic) bond motifs is 3. The van der Waals surface area contributed by atoms with E-state index in [9.17, 15) is 13.2 Å². The number of nitrogens with one attached hydrogen (secondary N) is 1. The van der Waals surface area contributed by atoms with Crippen molar-refractivity contribution < 1.29 is 27.4 Å². The number of ether oxygens (including phenoxy) is 3. The molecule has 1 aliphatic carbocycles. The van der Waals surface area contributed by atoms with Crippen LogP contribution >= 0.6 is 11.6 Å². The maximum atomic E-state index is 13.6. The number of hydrogen-bond donors (Lipinski definition) is 1. The number of sulfonamides is 1. The molecule has 51 heavy (non-hydrogen) atoms. The maximum Gasteiger partial charge on any atom is 0.264 e. The predicted molar refractivity (Wildman–Crippen MR) is 201 cm³/mol. The monoisotopic (exact) mass is 741 g/mol. The van der Waals surface area contributed by atoms with E-state index in [-0.39, 0.29) is 29.7 Å². The average molecular weight is 742 g/mol. The fourth-order valence-corrected chi connectivity index (χ4v) is 10.6. The van der Waals surface area contributed by atoms with Crippen molar-refractivity contribution in [3.63, 3.8) is 0 Å². The molecule has 2 saturated heterocycles. The van der Waals surface area contributed by atoms with E-state index in [1.54, 1.807) is 13.0 Å². The van der Waals surface area contributed by atoms with E-state index in [0.29, 0.717) is 43.0 Å². The van der Waals surface area contributed by atoms with Gasteiger partial charge in [-0.15, -0.1) is 0 Å². The Morgan fingerprint density at radius 3 is 2.41 bits per heavy atom. The minimum Gasteiger partial charge on any atom is -0.487 e. The number of benzene rings is 2. The molecule has 0 spiro atoms. The summed E-state index contributed by atoms with van der Waals surface area (Å²) in [6, 6.07) is 11.6. The van der Waals surface area contributed by atoms with Gasteiger partial charge in [-0.1, -0.05) is 31.0 Å². The molecule has 5 aliphatic rings. The van der Waals surface area contributed by atoms with Crippen molar-refractivity contribution in [2.24, 2.45) is 23.7 Å². The SMILES string of the molecule is C[C@@H]1[C@@H](C)CCC[C@H]([C@H]2OC[C@@H](N3CCC3(C)C)CO2)[C@@H]2CC[C@H]2CN2CCCCc3cc(Cl)ccc3COc3ccc(cc32)C(=O)NS1(=O)=O. The molecule has 1 saturated carbocycles. The Kier molecular flexibility index (Phi) is 11.0. The lowest BCUT2D eigenvalue weighted by Gasteiger charge is -2.54. The molecule has 5 atom stereocenters. The van der Waals surface area contributed by atoms with Crippen LogP contribution in [0, 0.1) is 23.7 Å². The molecular weight excluding hydrogens is 686 g/mol. The van der Waals surface area contributed by atoms with Crippen LogP contribution in [0.2, 0.25) is 5.02 Å². The molecule has 0 unspecified atom stereocenters. The van der Waals surface area contributed by atoms with Gasteiger partial charge in [-0.25, -0.2) is 13.1 Å². The average Bonchev–Trinajstić information content (AvgIpc) is 3.11. The van der Waals surface area contributed by atoms with E-state index in [1.165, 1.54) is 12.0 Å². The minimum atomic E-state index is -3.91. The quantitative estimate of drug-likeness (QED) is 0.346. The van der Waals surface area contributed by atoms with E-state index in [4.69, 9.17) is 25.8 Å². The molecule has 2 aromatic carbocycles. The Bertz CT molecular complexity index is 1680. The zero-order valence-corrected chi connectivity index (χ0v) is 32.3. The molecule has 9 nitrogen and oxygen atoms in total. The first-order valence-corrected chi connectivity index (χ1v) is 21.2. The lowest BCUT2D eigenvalue weighted by molar-refractivity contribution is -0.255. The van der Waals surface area contributed by atoms with E-state index >= 15 is 0 Å². The van der Waals surface area contributed by atoms with E-state index < -0.39 is 21.2 Å². The van der Waals surface area contributed by atoms with Gasteiger partial charge >= 0.3 is 0 Å². The molecule has 2 aromatic rings. The number of halogens is 1. The van der Waals surface area contributed by atoms with Crippen LogP contribution in [0.4, 0.5) is 5.69 Å². The minimum absolute atomic E-state index is 0.124. The van der Waals surface area contributed by atoms with Gasteiger partial charge in [0.1, 0.15) is 12.4 Å². The van der Waals surface area contributed by atoms with Gasteiger partial charge in [-0.3, -0.25) is 9.69 Å². The first kappa shape index (κ1) is 37.0. The molecule has 4 aliphatic heterocycles. The first-order valence-electron chi connectivity index (χ1n) is 19.2. The summed E-state index contributed by atoms with van der Waals surface area (Å²) in [5.41, 5.74) is 3.63. The summed E-state index contributed by atoms with van der Waals surface area (Å²) in [6.07, 6.45) is 8.57. The van der Waals surface area contributed by atoms with Crippen LogP contribution in [0.3, 0.4) is 0 Å². The molecule has 1 amide bonds. The lowest BCUT2D eigenvalue weighted by Crippen LogP contribution is -2.64. The molecule has 0 radical (unpaired) electrons. The van der Waals surface area contributed by atoms with Gasteiger partial charge in [0.05, 0.1) is 30.2 Å². The highest BCUT2D eigenvalue weighted by atomic mass is 35.5. The second kappa shape index (κ2) is 15.2. The van der Waals surface area contributed by atoms with Crippen molar-refractivity contribution in [1.82, 2.24) is 9.62 Å². The highest BCUT2D eigenvalue weighted by Gasteiger charge is 2.46. The van der Waals surface area contributed by atoms with Crippen molar-refractivity contribution in [2.45, 2.75) is 115 Å². The van der Waals surface area contributed by atoms with Crippen LogP contribution in [-0.2, 0) is 32.5 Å². The fourth-order valence-electron chi connectivity index (χ4n) is 9.10. The van der Waals surface area contributed by atoms with Crippen molar-refractivity contribution in [2.75, 3.05) is 37.7 Å². The van der Waals surface area contributed by atoms with Gasteiger partial charge in [0.15, 0.2) is 6.29 Å². The van der Waals surface area contributed by atoms with Crippen LogP contribution in [-0.4, -0.2) is 75.2 Å². The zero-order chi connectivity index (χ0) is 35.9. The molecule has 7 rings (SSSR count). The fraction of sp³-hybridized carbons (Fsp3) is 0.675. The third-order valence-electron chi connectivity index (χ3n) is 12.9. The van der Waals surface area contributed by atoms with Crippen LogP contribution in [0.25, 0.3) is 0 Å². The number of carbonyl (C=O) groups excluding carboxylic acids is 1. The molecule has 2 bridgehead atoms. The van der Waals surface area contributed by atoms with Crippen LogP contribution < -0.4 is 14.4 Å². The third-order valence-corrected chi connectivity index (χ3v) is 15.0. The summed E-state index contributed by atoms with van der Waals surface area (Å²) < 4.78 is 49.2. The summed E-state index contributed by atoms with van der Waals surface area (Å²) in [7, 11) is -3.91. The van der Waals surface area contributed by atoms with Gasteiger partial charge in [0, 0.05) is 41.7 Å². The Labute approximate surface area is 309 Å². The Morgan fingerprint density at radius 2 is 1.71 bits per heavy atom. The summed E-state index contributed by atoms with van der Waals surface area (Å²) >= 11 is 6.39. The number of likely N-dealkylation sites (tertiary alicyclic amines) is 1. The van der Waals surface area contributed by atoms with E-state index in [0.717, 1.165) is 87.3 Å². The lowest BCUT2D eigenvalue weighted by atomic mass is 9.65. The van der Waals surface area contributed by atoms with E-state index in [1.807, 2.05) is 37.3 Å². The number of anilines is 1. The zero-order valence-electron chi connectivity index (χ0n) is 30.7. The molecule has 4 heterocycles. The van der Waals surface area contributed by atoms with Gasteiger partial charge in [-0.05, 0) is 131 Å². The molecular formula is C40H56ClN3O6S.